The maximum atomic E-state index is 12.5. The molecule has 2 saturated carbocycles. The summed E-state index contributed by atoms with van der Waals surface area (Å²) in [4.78, 5) is 25.6. The van der Waals surface area contributed by atoms with Gasteiger partial charge in [0.1, 0.15) is 5.69 Å². The Morgan fingerprint density at radius 3 is 2.60 bits per heavy atom. The van der Waals surface area contributed by atoms with Crippen molar-refractivity contribution in [2.45, 2.75) is 57.5 Å². The van der Waals surface area contributed by atoms with Gasteiger partial charge in [0.05, 0.1) is 12.2 Å². The lowest BCUT2D eigenvalue weighted by Crippen LogP contribution is -2.55. The zero-order chi connectivity index (χ0) is 18.1. The van der Waals surface area contributed by atoms with Crippen molar-refractivity contribution in [3.8, 4) is 0 Å². The molecule has 0 spiro atoms. The monoisotopic (exact) mass is 348 g/mol. The molecule has 0 unspecified atom stereocenters. The first-order valence-electron chi connectivity index (χ1n) is 9.14. The van der Waals surface area contributed by atoms with Crippen molar-refractivity contribution in [1.29, 1.82) is 0 Å². The molecule has 3 rings (SSSR count). The van der Waals surface area contributed by atoms with Crippen molar-refractivity contribution >= 4 is 11.9 Å². The van der Waals surface area contributed by atoms with Gasteiger partial charge in [0, 0.05) is 25.7 Å². The van der Waals surface area contributed by atoms with Crippen molar-refractivity contribution in [1.82, 2.24) is 20.0 Å². The molecular weight excluding hydrogens is 320 g/mol. The van der Waals surface area contributed by atoms with Crippen LogP contribution in [0.4, 0.5) is 0 Å². The minimum atomic E-state index is -0.774. The Morgan fingerprint density at radius 1 is 1.40 bits per heavy atom. The van der Waals surface area contributed by atoms with Gasteiger partial charge >= 0.3 is 5.97 Å². The highest BCUT2D eigenvalue weighted by Crippen LogP contribution is 2.33. The molecule has 7 nitrogen and oxygen atoms in total. The minimum absolute atomic E-state index is 0.0985. The first-order valence-corrected chi connectivity index (χ1v) is 9.14. The summed E-state index contributed by atoms with van der Waals surface area (Å²) in [6, 6.07) is 2.23. The van der Waals surface area contributed by atoms with Crippen molar-refractivity contribution in [3.63, 3.8) is 0 Å². The van der Waals surface area contributed by atoms with E-state index in [9.17, 15) is 9.59 Å². The molecule has 1 heterocycles. The van der Waals surface area contributed by atoms with Gasteiger partial charge < -0.3 is 10.4 Å². The predicted molar refractivity (Wildman–Crippen MR) is 93.5 cm³/mol. The van der Waals surface area contributed by atoms with E-state index in [4.69, 9.17) is 5.11 Å². The first kappa shape index (κ1) is 17.9. The summed E-state index contributed by atoms with van der Waals surface area (Å²) in [6.45, 7) is 5.08. The second kappa shape index (κ2) is 7.15. The Labute approximate surface area is 148 Å². The highest BCUT2D eigenvalue weighted by Gasteiger charge is 2.38. The zero-order valence-corrected chi connectivity index (χ0v) is 15.2. The smallest absolute Gasteiger partial charge is 0.317 e. The number of rotatable bonds is 8. The quantitative estimate of drug-likeness (QED) is 0.745. The van der Waals surface area contributed by atoms with Crippen molar-refractivity contribution in [2.24, 2.45) is 13.0 Å². The third kappa shape index (κ3) is 4.39. The minimum Gasteiger partial charge on any atom is -0.480 e. The molecule has 2 aliphatic carbocycles. The van der Waals surface area contributed by atoms with Gasteiger partial charge in [-0.05, 0) is 43.6 Å². The Hall–Kier alpha value is -1.89. The van der Waals surface area contributed by atoms with Crippen LogP contribution in [0.25, 0.3) is 0 Å². The lowest BCUT2D eigenvalue weighted by molar-refractivity contribution is -0.139. The summed E-state index contributed by atoms with van der Waals surface area (Å²) in [5.74, 6) is 0.0753. The van der Waals surface area contributed by atoms with Gasteiger partial charge in [0.25, 0.3) is 5.91 Å². The molecule has 2 fully saturated rings. The number of nitrogens with one attached hydrogen (secondary N) is 1. The maximum Gasteiger partial charge on any atom is 0.317 e. The van der Waals surface area contributed by atoms with Crippen LogP contribution < -0.4 is 5.32 Å². The summed E-state index contributed by atoms with van der Waals surface area (Å²) in [5, 5.41) is 16.5. The van der Waals surface area contributed by atoms with Crippen LogP contribution in [0, 0.1) is 5.92 Å². The highest BCUT2D eigenvalue weighted by molar-refractivity contribution is 5.93. The summed E-state index contributed by atoms with van der Waals surface area (Å²) in [7, 11) is 1.79. The Kier molecular flexibility index (Phi) is 5.13. The topological polar surface area (TPSA) is 87.5 Å². The first-order chi connectivity index (χ1) is 11.8. The van der Waals surface area contributed by atoms with Gasteiger partial charge in [-0.25, -0.2) is 0 Å². The van der Waals surface area contributed by atoms with Crippen LogP contribution in [-0.2, 0) is 11.8 Å². The summed E-state index contributed by atoms with van der Waals surface area (Å²) < 4.78 is 1.63. The second-order valence-corrected chi connectivity index (χ2v) is 7.79. The number of aryl methyl sites for hydroxylation is 1. The third-order valence-corrected chi connectivity index (χ3v) is 5.22. The number of aliphatic carboxylic acids is 1. The normalized spacial score (nSPS) is 22.9. The van der Waals surface area contributed by atoms with E-state index in [0.717, 1.165) is 25.1 Å². The molecule has 0 bridgehead atoms. The standard InChI is InChI=1S/C18H28N4O3/c1-11(2)15-8-16(21(3)20-15)18(25)19-13-6-14(7-13)22(10-17(23)24)9-12-4-5-12/h8,11-14H,4-7,9-10H2,1-3H3,(H,19,25)(H,23,24). The number of hydrogen-bond donors (Lipinski definition) is 2. The van der Waals surface area contributed by atoms with Gasteiger partial charge in [-0.1, -0.05) is 13.8 Å². The number of carboxylic acids is 1. The third-order valence-electron chi connectivity index (χ3n) is 5.22. The van der Waals surface area contributed by atoms with E-state index in [1.807, 2.05) is 6.07 Å². The molecule has 0 radical (unpaired) electrons. The predicted octanol–water partition coefficient (Wildman–Crippen LogP) is 1.60. The molecule has 1 aromatic heterocycles. The van der Waals surface area contributed by atoms with E-state index in [2.05, 4.69) is 29.2 Å². The number of amides is 1. The molecule has 25 heavy (non-hydrogen) atoms. The molecule has 7 heteroatoms. The molecule has 0 saturated heterocycles. The largest absolute Gasteiger partial charge is 0.480 e. The summed E-state index contributed by atoms with van der Waals surface area (Å²) in [5.41, 5.74) is 1.49. The van der Waals surface area contributed by atoms with E-state index in [1.165, 1.54) is 12.8 Å². The average molecular weight is 348 g/mol. The molecule has 1 amide bonds. The molecule has 0 aromatic carbocycles. The molecular formula is C18H28N4O3. The number of carbonyl (C=O) groups excluding carboxylic acids is 1. The maximum absolute atomic E-state index is 12.5. The van der Waals surface area contributed by atoms with Gasteiger partial charge in [-0.15, -0.1) is 0 Å². The van der Waals surface area contributed by atoms with Crippen molar-refractivity contribution < 1.29 is 14.7 Å². The van der Waals surface area contributed by atoms with Crippen molar-refractivity contribution in [3.05, 3.63) is 17.5 Å². The number of carboxylic acid groups (broad SMARTS) is 1. The molecule has 2 N–H and O–H groups in total. The van der Waals surface area contributed by atoms with E-state index in [0.29, 0.717) is 11.6 Å². The average Bonchev–Trinajstić information content (AvgIpc) is 3.20. The van der Waals surface area contributed by atoms with Crippen LogP contribution in [0.3, 0.4) is 0 Å². The van der Waals surface area contributed by atoms with E-state index < -0.39 is 5.97 Å². The number of carbonyl (C=O) groups is 2. The van der Waals surface area contributed by atoms with Crippen LogP contribution >= 0.6 is 0 Å². The molecule has 2 aliphatic rings. The van der Waals surface area contributed by atoms with Crippen LogP contribution in [0.15, 0.2) is 6.07 Å². The fraction of sp³-hybridized carbons (Fsp3) is 0.722. The Morgan fingerprint density at radius 2 is 2.08 bits per heavy atom. The van der Waals surface area contributed by atoms with Crippen LogP contribution in [0.1, 0.15) is 61.6 Å². The lowest BCUT2D eigenvalue weighted by atomic mass is 9.85. The SMILES string of the molecule is CC(C)c1cc(C(=O)NC2CC(N(CC(=O)O)CC3CC3)C2)n(C)n1. The van der Waals surface area contributed by atoms with Crippen molar-refractivity contribution in [2.75, 3.05) is 13.1 Å². The Bertz CT molecular complexity index is 645. The van der Waals surface area contributed by atoms with Gasteiger partial charge in [-0.2, -0.15) is 5.10 Å². The highest BCUT2D eigenvalue weighted by atomic mass is 16.4. The Balaban J connectivity index is 1.52. The van der Waals surface area contributed by atoms with Gasteiger partial charge in [-0.3, -0.25) is 19.2 Å². The number of hydrogen-bond acceptors (Lipinski definition) is 4. The van der Waals surface area contributed by atoms with Crippen LogP contribution in [0.2, 0.25) is 0 Å². The number of aromatic nitrogens is 2. The summed E-state index contributed by atoms with van der Waals surface area (Å²) in [6.07, 6.45) is 4.06. The second-order valence-electron chi connectivity index (χ2n) is 7.79. The van der Waals surface area contributed by atoms with E-state index >= 15 is 0 Å². The fourth-order valence-electron chi connectivity index (χ4n) is 3.40. The van der Waals surface area contributed by atoms with Crippen LogP contribution in [-0.4, -0.2) is 56.8 Å². The molecule has 1 aromatic rings. The van der Waals surface area contributed by atoms with Crippen LogP contribution in [0.5, 0.6) is 0 Å². The summed E-state index contributed by atoms with van der Waals surface area (Å²) >= 11 is 0. The molecule has 138 valence electrons. The van der Waals surface area contributed by atoms with E-state index in [-0.39, 0.29) is 30.5 Å². The molecule has 0 atom stereocenters. The van der Waals surface area contributed by atoms with Gasteiger partial charge in [0.15, 0.2) is 0 Å². The zero-order valence-electron chi connectivity index (χ0n) is 15.2. The lowest BCUT2D eigenvalue weighted by Gasteiger charge is -2.42. The fourth-order valence-corrected chi connectivity index (χ4v) is 3.40. The number of nitrogens with zero attached hydrogens (tertiary/aromatic N) is 3. The van der Waals surface area contributed by atoms with E-state index in [1.54, 1.807) is 11.7 Å². The molecule has 0 aliphatic heterocycles. The van der Waals surface area contributed by atoms with Gasteiger partial charge in [0.2, 0.25) is 0 Å².